The van der Waals surface area contributed by atoms with Gasteiger partial charge in [-0.25, -0.2) is 4.79 Å². The first-order valence-electron chi connectivity index (χ1n) is 10.1. The highest BCUT2D eigenvalue weighted by Crippen LogP contribution is 2.39. The summed E-state index contributed by atoms with van der Waals surface area (Å²) in [6.45, 7) is 1.40. The predicted octanol–water partition coefficient (Wildman–Crippen LogP) is 3.58. The standard InChI is InChI=1S/C23H24N4O3S/c1-30-15-5-14-27-21(20(25-23(27)31)18-6-2-3-12-24-18)19-7-4-13-26(19)17-10-8-16(9-11-17)22(28)29/h2-4,6-13,20-21H,5,14-15H2,1H3,(H,25,31)(H,28,29)/t20-,21+/m1/s1. The number of aromatic nitrogens is 2. The lowest BCUT2D eigenvalue weighted by Crippen LogP contribution is -2.32. The third-order valence-electron chi connectivity index (χ3n) is 5.42. The molecule has 3 heterocycles. The number of benzene rings is 1. The number of nitrogens with zero attached hydrogens (tertiary/aromatic N) is 3. The second-order valence-electron chi connectivity index (χ2n) is 7.32. The minimum absolute atomic E-state index is 0.0755. The van der Waals surface area contributed by atoms with Crippen LogP contribution in [0.5, 0.6) is 0 Å². The van der Waals surface area contributed by atoms with Crippen molar-refractivity contribution in [3.63, 3.8) is 0 Å². The zero-order valence-electron chi connectivity index (χ0n) is 17.1. The monoisotopic (exact) mass is 436 g/mol. The Kier molecular flexibility index (Phi) is 6.29. The van der Waals surface area contributed by atoms with Gasteiger partial charge in [-0.05, 0) is 67.2 Å². The first-order chi connectivity index (χ1) is 15.1. The van der Waals surface area contributed by atoms with Crippen LogP contribution in [0.25, 0.3) is 5.69 Å². The largest absolute Gasteiger partial charge is 0.478 e. The van der Waals surface area contributed by atoms with Gasteiger partial charge >= 0.3 is 5.97 Å². The second-order valence-corrected chi connectivity index (χ2v) is 7.71. The molecule has 0 saturated carbocycles. The lowest BCUT2D eigenvalue weighted by Gasteiger charge is -2.29. The number of carboxylic acids is 1. The predicted molar refractivity (Wildman–Crippen MR) is 121 cm³/mol. The van der Waals surface area contributed by atoms with E-state index in [-0.39, 0.29) is 17.6 Å². The number of hydrogen-bond acceptors (Lipinski definition) is 4. The molecule has 7 nitrogen and oxygen atoms in total. The number of aromatic carboxylic acids is 1. The zero-order chi connectivity index (χ0) is 21.8. The van der Waals surface area contributed by atoms with Crippen LogP contribution in [0.1, 0.15) is 40.3 Å². The third kappa shape index (κ3) is 4.30. The highest BCUT2D eigenvalue weighted by Gasteiger charge is 2.40. The van der Waals surface area contributed by atoms with Crippen LogP contribution in [0.4, 0.5) is 0 Å². The molecule has 31 heavy (non-hydrogen) atoms. The summed E-state index contributed by atoms with van der Waals surface area (Å²) in [4.78, 5) is 18.0. The van der Waals surface area contributed by atoms with E-state index in [1.165, 1.54) is 0 Å². The van der Waals surface area contributed by atoms with E-state index in [1.807, 2.05) is 42.6 Å². The SMILES string of the molecule is COCCCN1C(=S)N[C@H](c2ccccn2)[C@@H]1c1cccn1-c1ccc(C(=O)O)cc1. The summed E-state index contributed by atoms with van der Waals surface area (Å²) in [7, 11) is 1.70. The van der Waals surface area contributed by atoms with Crippen molar-refractivity contribution in [3.05, 3.63) is 83.9 Å². The van der Waals surface area contributed by atoms with Crippen LogP contribution >= 0.6 is 12.2 Å². The van der Waals surface area contributed by atoms with Gasteiger partial charge in [-0.15, -0.1) is 0 Å². The van der Waals surface area contributed by atoms with Gasteiger partial charge in [0, 0.05) is 44.0 Å². The fraction of sp³-hybridized carbons (Fsp3) is 0.261. The molecule has 0 radical (unpaired) electrons. The molecule has 1 aliphatic heterocycles. The molecule has 160 valence electrons. The van der Waals surface area contributed by atoms with E-state index in [1.54, 1.807) is 25.4 Å². The van der Waals surface area contributed by atoms with Gasteiger partial charge in [0.15, 0.2) is 5.11 Å². The zero-order valence-corrected chi connectivity index (χ0v) is 18.0. The lowest BCUT2D eigenvalue weighted by atomic mass is 10.0. The normalized spacial score (nSPS) is 18.2. The quantitative estimate of drug-likeness (QED) is 0.413. The van der Waals surface area contributed by atoms with Gasteiger partial charge in [-0.3, -0.25) is 4.98 Å². The number of ether oxygens (including phenoxy) is 1. The molecule has 0 amide bonds. The van der Waals surface area contributed by atoms with Gasteiger partial charge in [-0.1, -0.05) is 6.07 Å². The maximum atomic E-state index is 11.2. The van der Waals surface area contributed by atoms with Crippen LogP contribution in [-0.2, 0) is 4.74 Å². The maximum absolute atomic E-state index is 11.2. The van der Waals surface area contributed by atoms with Crippen LogP contribution in [0, 0.1) is 0 Å². The van der Waals surface area contributed by atoms with Crippen LogP contribution in [-0.4, -0.2) is 50.9 Å². The minimum atomic E-state index is -0.941. The summed E-state index contributed by atoms with van der Waals surface area (Å²) < 4.78 is 7.32. The van der Waals surface area contributed by atoms with Gasteiger partial charge in [0.05, 0.1) is 23.3 Å². The van der Waals surface area contributed by atoms with Gasteiger partial charge in [0.25, 0.3) is 0 Å². The minimum Gasteiger partial charge on any atom is -0.478 e. The van der Waals surface area contributed by atoms with Crippen LogP contribution in [0.2, 0.25) is 0 Å². The molecule has 2 aromatic heterocycles. The molecule has 8 heteroatoms. The van der Waals surface area contributed by atoms with Gasteiger partial charge in [0.2, 0.25) is 0 Å². The van der Waals surface area contributed by atoms with E-state index in [4.69, 9.17) is 17.0 Å². The first-order valence-corrected chi connectivity index (χ1v) is 10.5. The highest BCUT2D eigenvalue weighted by atomic mass is 32.1. The van der Waals surface area contributed by atoms with Crippen LogP contribution in [0.3, 0.4) is 0 Å². The summed E-state index contributed by atoms with van der Waals surface area (Å²) in [5, 5.41) is 13.3. The molecular weight excluding hydrogens is 412 g/mol. The molecule has 4 rings (SSSR count). The molecule has 3 aromatic rings. The van der Waals surface area contributed by atoms with Crippen molar-refractivity contribution in [1.29, 1.82) is 0 Å². The molecule has 1 aliphatic rings. The molecule has 0 aliphatic carbocycles. The van der Waals surface area contributed by atoms with Gasteiger partial charge in [0.1, 0.15) is 0 Å². The van der Waals surface area contributed by atoms with Crippen molar-refractivity contribution in [2.45, 2.75) is 18.5 Å². The Hall–Kier alpha value is -3.23. The van der Waals surface area contributed by atoms with E-state index in [0.29, 0.717) is 11.7 Å². The third-order valence-corrected chi connectivity index (χ3v) is 5.77. The lowest BCUT2D eigenvalue weighted by molar-refractivity contribution is 0.0697. The first kappa shape index (κ1) is 21.0. The van der Waals surface area contributed by atoms with Crippen LogP contribution < -0.4 is 5.32 Å². The summed E-state index contributed by atoms with van der Waals surface area (Å²) in [6.07, 6.45) is 4.61. The van der Waals surface area contributed by atoms with Gasteiger partial charge < -0.3 is 24.6 Å². The summed E-state index contributed by atoms with van der Waals surface area (Å²) in [5.41, 5.74) is 3.11. The number of hydrogen-bond donors (Lipinski definition) is 2. The van der Waals surface area contributed by atoms with E-state index >= 15 is 0 Å². The van der Waals surface area contributed by atoms with Crippen LogP contribution in [0.15, 0.2) is 67.0 Å². The highest BCUT2D eigenvalue weighted by molar-refractivity contribution is 7.80. The van der Waals surface area contributed by atoms with Crippen molar-refractivity contribution in [1.82, 2.24) is 19.8 Å². The molecule has 1 fully saturated rings. The molecule has 2 atom stereocenters. The number of methoxy groups -OCH3 is 1. The molecule has 1 saturated heterocycles. The Morgan fingerprint density at radius 2 is 2.00 bits per heavy atom. The fourth-order valence-electron chi connectivity index (χ4n) is 3.98. The average molecular weight is 437 g/mol. The number of carbonyl (C=O) groups is 1. The number of thiocarbonyl (C=S) groups is 1. The van der Waals surface area contributed by atoms with E-state index in [0.717, 1.165) is 30.0 Å². The fourth-order valence-corrected chi connectivity index (χ4v) is 4.31. The van der Waals surface area contributed by atoms with Crippen molar-refractivity contribution in [2.24, 2.45) is 0 Å². The second kappa shape index (κ2) is 9.28. The summed E-state index contributed by atoms with van der Waals surface area (Å²) in [6, 6.07) is 16.6. The van der Waals surface area contributed by atoms with E-state index < -0.39 is 5.97 Å². The van der Waals surface area contributed by atoms with E-state index in [9.17, 15) is 9.90 Å². The summed E-state index contributed by atoms with van der Waals surface area (Å²) in [5.74, 6) is -0.941. The van der Waals surface area contributed by atoms with E-state index in [2.05, 4.69) is 25.8 Å². The molecule has 0 bridgehead atoms. The Balaban J connectivity index is 1.74. The molecule has 0 spiro atoms. The van der Waals surface area contributed by atoms with Crippen molar-refractivity contribution < 1.29 is 14.6 Å². The molecule has 2 N–H and O–H groups in total. The number of rotatable bonds is 8. The number of nitrogens with one attached hydrogen (secondary N) is 1. The molecule has 0 unspecified atom stereocenters. The Bertz CT molecular complexity index is 1050. The van der Waals surface area contributed by atoms with Crippen molar-refractivity contribution >= 4 is 23.3 Å². The number of carboxylic acid groups (broad SMARTS) is 1. The molecule has 1 aromatic carbocycles. The molecular formula is C23H24N4O3S. The average Bonchev–Trinajstić information content (AvgIpc) is 3.39. The van der Waals surface area contributed by atoms with Crippen molar-refractivity contribution in [2.75, 3.05) is 20.3 Å². The maximum Gasteiger partial charge on any atom is 0.335 e. The Labute approximate surface area is 186 Å². The summed E-state index contributed by atoms with van der Waals surface area (Å²) >= 11 is 5.70. The topological polar surface area (TPSA) is 79.6 Å². The number of pyridine rings is 1. The smallest absolute Gasteiger partial charge is 0.335 e. The Morgan fingerprint density at radius 3 is 2.68 bits per heavy atom. The Morgan fingerprint density at radius 1 is 1.19 bits per heavy atom. The van der Waals surface area contributed by atoms with Crippen molar-refractivity contribution in [3.8, 4) is 5.69 Å². The van der Waals surface area contributed by atoms with Gasteiger partial charge in [-0.2, -0.15) is 0 Å².